The molecule has 41 heavy (non-hydrogen) atoms. The van der Waals surface area contributed by atoms with Gasteiger partial charge in [0.15, 0.2) is 0 Å². The number of carbonyl (C=O) groups is 1. The highest BCUT2D eigenvalue weighted by Crippen LogP contribution is 2.32. The monoisotopic (exact) mass is 578 g/mol. The predicted molar refractivity (Wildman–Crippen MR) is 162 cm³/mol. The molecule has 4 rings (SSSR count). The Morgan fingerprint density at radius 3 is 2.22 bits per heavy atom. The van der Waals surface area contributed by atoms with Crippen LogP contribution < -0.4 is 5.32 Å². The van der Waals surface area contributed by atoms with Gasteiger partial charge in [-0.15, -0.1) is 0 Å². The zero-order valence-electron chi connectivity index (χ0n) is 24.4. The molecule has 3 aromatic carbocycles. The van der Waals surface area contributed by atoms with Crippen molar-refractivity contribution >= 4 is 16.0 Å². The fraction of sp³-hybridized carbons (Fsp3) is 0.424. The molecule has 0 radical (unpaired) electrons. The van der Waals surface area contributed by atoms with E-state index in [1.54, 1.807) is 19.1 Å². The normalized spacial score (nSPS) is 14.8. The second-order valence-corrected chi connectivity index (χ2v) is 14.0. The van der Waals surface area contributed by atoms with Crippen LogP contribution >= 0.6 is 0 Å². The van der Waals surface area contributed by atoms with Crippen LogP contribution in [-0.4, -0.2) is 60.7 Å². The molecule has 0 aliphatic heterocycles. The summed E-state index contributed by atoms with van der Waals surface area (Å²) in [5.41, 5.74) is 6.03. The number of β-amino-alcohol motifs (C(OH)–C–C–N with tert-alkyl or cyclic N) is 1. The van der Waals surface area contributed by atoms with Crippen molar-refractivity contribution in [3.05, 3.63) is 89.0 Å². The Balaban J connectivity index is 1.32. The molecule has 0 saturated heterocycles. The first-order valence-corrected chi connectivity index (χ1v) is 15.7. The third-order valence-electron chi connectivity index (χ3n) is 8.00. The summed E-state index contributed by atoms with van der Waals surface area (Å²) < 4.78 is 28.0. The average Bonchev–Trinajstić information content (AvgIpc) is 3.32. The predicted octanol–water partition coefficient (Wildman–Crippen LogP) is 4.83. The van der Waals surface area contributed by atoms with Crippen molar-refractivity contribution in [2.45, 2.75) is 69.4 Å². The zero-order chi connectivity index (χ0) is 29.8. The van der Waals surface area contributed by atoms with Gasteiger partial charge in [-0.2, -0.15) is 4.31 Å². The Morgan fingerprint density at radius 1 is 1.02 bits per heavy atom. The van der Waals surface area contributed by atoms with Gasteiger partial charge in [0.2, 0.25) is 10.0 Å². The van der Waals surface area contributed by atoms with Crippen molar-refractivity contribution in [1.29, 1.82) is 0 Å². The zero-order valence-corrected chi connectivity index (χ0v) is 25.2. The first-order valence-electron chi connectivity index (χ1n) is 14.2. The van der Waals surface area contributed by atoms with Crippen LogP contribution in [-0.2, 0) is 34.1 Å². The number of aliphatic carboxylic acids is 1. The highest BCUT2D eigenvalue weighted by molar-refractivity contribution is 7.89. The molecule has 0 saturated carbocycles. The minimum atomic E-state index is -3.80. The number of aryl methyl sites for hydroxylation is 2. The van der Waals surface area contributed by atoms with Crippen molar-refractivity contribution in [2.75, 3.05) is 20.1 Å². The number of benzene rings is 3. The van der Waals surface area contributed by atoms with E-state index in [1.807, 2.05) is 30.3 Å². The lowest BCUT2D eigenvalue weighted by Gasteiger charge is -2.31. The summed E-state index contributed by atoms with van der Waals surface area (Å²) in [6.45, 7) is 6.33. The van der Waals surface area contributed by atoms with Gasteiger partial charge in [0.05, 0.1) is 11.0 Å². The van der Waals surface area contributed by atoms with E-state index in [0.717, 1.165) is 36.0 Å². The number of nitrogens with zero attached hydrogens (tertiary/aromatic N) is 1. The third kappa shape index (κ3) is 8.04. The third-order valence-corrected chi connectivity index (χ3v) is 9.98. The van der Waals surface area contributed by atoms with Crippen molar-refractivity contribution in [3.63, 3.8) is 0 Å². The maximum absolute atomic E-state index is 13.4. The standard InChI is InChI=1S/C33H42N2O5S/c1-23-17-29(26-12-9-24(10-13-26)11-16-32(37)38)14-15-31(23)41(39,40)35(4)22-30(36)21-34-33(2,3)20-25-18-27-7-5-6-8-28(27)19-25/h5-10,12-15,17,25,30,34,36H,11,16,18-22H2,1-4H3,(H,37,38)/t30-/m1/s1. The second-order valence-electron chi connectivity index (χ2n) is 12.0. The number of hydrogen-bond acceptors (Lipinski definition) is 5. The Kier molecular flexibility index (Phi) is 9.70. The molecule has 220 valence electrons. The number of fused-ring (bicyclic) bond motifs is 1. The highest BCUT2D eigenvalue weighted by Gasteiger charge is 2.29. The maximum atomic E-state index is 13.4. The average molecular weight is 579 g/mol. The van der Waals surface area contributed by atoms with Gasteiger partial charge >= 0.3 is 5.97 Å². The van der Waals surface area contributed by atoms with Crippen molar-refractivity contribution in [3.8, 4) is 11.1 Å². The van der Waals surface area contributed by atoms with Gasteiger partial charge in [-0.1, -0.05) is 60.7 Å². The largest absolute Gasteiger partial charge is 0.481 e. The summed E-state index contributed by atoms with van der Waals surface area (Å²) in [5, 5.41) is 23.1. The van der Waals surface area contributed by atoms with Gasteiger partial charge in [-0.05, 0) is 91.8 Å². The number of nitrogens with one attached hydrogen (secondary N) is 1. The molecule has 3 aromatic rings. The highest BCUT2D eigenvalue weighted by atomic mass is 32.2. The number of carboxylic acid groups (broad SMARTS) is 1. The van der Waals surface area contributed by atoms with Gasteiger partial charge in [-0.3, -0.25) is 4.79 Å². The summed E-state index contributed by atoms with van der Waals surface area (Å²) >= 11 is 0. The number of likely N-dealkylation sites (N-methyl/N-ethyl adjacent to an activating group) is 1. The van der Waals surface area contributed by atoms with Gasteiger partial charge in [0, 0.05) is 32.1 Å². The molecular weight excluding hydrogens is 536 g/mol. The lowest BCUT2D eigenvalue weighted by Crippen LogP contribution is -2.47. The van der Waals surface area contributed by atoms with E-state index in [4.69, 9.17) is 5.11 Å². The van der Waals surface area contributed by atoms with Crippen LogP contribution in [0.2, 0.25) is 0 Å². The summed E-state index contributed by atoms with van der Waals surface area (Å²) in [6, 6.07) is 21.5. The Bertz CT molecular complexity index is 1440. The first-order chi connectivity index (χ1) is 19.3. The summed E-state index contributed by atoms with van der Waals surface area (Å²) in [4.78, 5) is 11.0. The van der Waals surface area contributed by atoms with Crippen molar-refractivity contribution in [1.82, 2.24) is 9.62 Å². The van der Waals surface area contributed by atoms with Crippen LogP contribution in [0.25, 0.3) is 11.1 Å². The fourth-order valence-electron chi connectivity index (χ4n) is 5.84. The number of carboxylic acids is 1. The van der Waals surface area contributed by atoms with E-state index in [2.05, 4.69) is 43.4 Å². The van der Waals surface area contributed by atoms with Gasteiger partial charge in [0.1, 0.15) is 0 Å². The molecule has 1 atom stereocenters. The lowest BCUT2D eigenvalue weighted by molar-refractivity contribution is -0.136. The number of aliphatic hydroxyl groups is 1. The van der Waals surface area contributed by atoms with Gasteiger partial charge in [0.25, 0.3) is 0 Å². The van der Waals surface area contributed by atoms with E-state index in [1.165, 1.54) is 22.5 Å². The van der Waals surface area contributed by atoms with E-state index in [0.29, 0.717) is 24.4 Å². The summed E-state index contributed by atoms with van der Waals surface area (Å²) in [6.07, 6.45) is 2.80. The lowest BCUT2D eigenvalue weighted by atomic mass is 9.88. The second kappa shape index (κ2) is 12.9. The van der Waals surface area contributed by atoms with Crippen LogP contribution in [0.1, 0.15) is 48.9 Å². The molecule has 8 heteroatoms. The van der Waals surface area contributed by atoms with E-state index in [9.17, 15) is 18.3 Å². The van der Waals surface area contributed by atoms with Crippen LogP contribution in [0.4, 0.5) is 0 Å². The summed E-state index contributed by atoms with van der Waals surface area (Å²) in [7, 11) is -2.30. The molecule has 3 N–H and O–H groups in total. The van der Waals surface area contributed by atoms with E-state index in [-0.39, 0.29) is 23.4 Å². The SMILES string of the molecule is Cc1cc(-c2ccc(CCC(=O)O)cc2)ccc1S(=O)(=O)N(C)C[C@H](O)CNC(C)(C)CC1Cc2ccccc2C1. The molecule has 0 spiro atoms. The minimum absolute atomic E-state index is 0.0146. The quantitative estimate of drug-likeness (QED) is 0.268. The Labute approximate surface area is 244 Å². The number of aliphatic hydroxyl groups excluding tert-OH is 1. The van der Waals surface area contributed by atoms with Crippen LogP contribution in [0.15, 0.2) is 71.6 Å². The first kappa shape index (κ1) is 30.9. The van der Waals surface area contributed by atoms with Crippen molar-refractivity contribution < 1.29 is 23.4 Å². The minimum Gasteiger partial charge on any atom is -0.481 e. The Morgan fingerprint density at radius 2 is 1.63 bits per heavy atom. The molecule has 0 fully saturated rings. The molecular formula is C33H42N2O5S. The van der Waals surface area contributed by atoms with E-state index < -0.39 is 22.1 Å². The van der Waals surface area contributed by atoms with Crippen LogP contribution in [0.5, 0.6) is 0 Å². The molecule has 1 aliphatic carbocycles. The summed E-state index contributed by atoms with van der Waals surface area (Å²) in [5.74, 6) is -0.277. The molecule has 0 heterocycles. The maximum Gasteiger partial charge on any atom is 0.303 e. The molecule has 7 nitrogen and oxygen atoms in total. The number of sulfonamides is 1. The molecule has 1 aliphatic rings. The van der Waals surface area contributed by atoms with Gasteiger partial charge < -0.3 is 15.5 Å². The van der Waals surface area contributed by atoms with Crippen LogP contribution in [0.3, 0.4) is 0 Å². The molecule has 0 unspecified atom stereocenters. The van der Waals surface area contributed by atoms with Crippen LogP contribution in [0, 0.1) is 12.8 Å². The van der Waals surface area contributed by atoms with Crippen molar-refractivity contribution in [2.24, 2.45) is 5.92 Å². The van der Waals surface area contributed by atoms with Gasteiger partial charge in [-0.25, -0.2) is 8.42 Å². The topological polar surface area (TPSA) is 107 Å². The number of rotatable bonds is 13. The molecule has 0 bridgehead atoms. The molecule has 0 amide bonds. The fourth-order valence-corrected chi connectivity index (χ4v) is 7.25. The Hall–Kier alpha value is -3.04. The molecule has 0 aromatic heterocycles. The number of hydrogen-bond donors (Lipinski definition) is 3. The van der Waals surface area contributed by atoms with E-state index >= 15 is 0 Å². The smallest absolute Gasteiger partial charge is 0.303 e.